The van der Waals surface area contributed by atoms with Gasteiger partial charge in [0.15, 0.2) is 6.23 Å². The fourth-order valence-electron chi connectivity index (χ4n) is 2.09. The topological polar surface area (TPSA) is 247 Å². The first-order chi connectivity index (χ1) is 11.8. The molecule has 1 unspecified atom stereocenters. The predicted molar refractivity (Wildman–Crippen MR) is 71.3 cm³/mol. The van der Waals surface area contributed by atoms with Crippen molar-refractivity contribution in [2.75, 3.05) is 6.61 Å². The molecule has 0 spiro atoms. The number of phosphoric acid groups is 2. The van der Waals surface area contributed by atoms with E-state index in [2.05, 4.69) is 8.83 Å². The number of aliphatic hydroxyl groups is 3. The van der Waals surface area contributed by atoms with E-state index in [1.807, 2.05) is 0 Å². The van der Waals surface area contributed by atoms with Crippen LogP contribution in [0.15, 0.2) is 15.8 Å². The molecule has 2 heterocycles. The Hall–Kier alpha value is 1.62. The quantitative estimate of drug-likeness (QED) is 0.216. The van der Waals surface area contributed by atoms with Gasteiger partial charge in [-0.1, -0.05) is 0 Å². The molecular formula is C9H11N2Na3O13P2. The van der Waals surface area contributed by atoms with Gasteiger partial charge in [0.05, 0.1) is 20.6 Å². The van der Waals surface area contributed by atoms with Crippen molar-refractivity contribution in [1.29, 1.82) is 0 Å². The molecule has 0 aliphatic carbocycles. The molecule has 1 aliphatic rings. The van der Waals surface area contributed by atoms with Crippen molar-refractivity contribution in [3.05, 3.63) is 27.0 Å². The van der Waals surface area contributed by atoms with E-state index in [1.54, 1.807) is 4.98 Å². The van der Waals surface area contributed by atoms with E-state index in [4.69, 9.17) is 9.84 Å². The van der Waals surface area contributed by atoms with Crippen LogP contribution < -0.4 is 119 Å². The molecule has 1 aromatic rings. The van der Waals surface area contributed by atoms with Crippen LogP contribution in [0, 0.1) is 0 Å². The van der Waals surface area contributed by atoms with Crippen molar-refractivity contribution in [3.8, 4) is 5.75 Å². The normalized spacial score (nSPS) is 25.7. The molecule has 4 N–H and O–H groups in total. The van der Waals surface area contributed by atoms with Crippen LogP contribution in [0.2, 0.25) is 0 Å². The summed E-state index contributed by atoms with van der Waals surface area (Å²) in [6.45, 7) is -0.734. The van der Waals surface area contributed by atoms with Crippen LogP contribution in [-0.4, -0.2) is 49.8 Å². The monoisotopic (exact) mass is 486 g/mol. The Morgan fingerprint density at radius 3 is 2.14 bits per heavy atom. The second-order valence-electron chi connectivity index (χ2n) is 4.96. The molecule has 1 aromatic heterocycles. The summed E-state index contributed by atoms with van der Waals surface area (Å²) >= 11 is 0. The molecule has 0 aromatic carbocycles. The minimum atomic E-state index is -6.02. The van der Waals surface area contributed by atoms with Gasteiger partial charge >= 0.3 is 102 Å². The van der Waals surface area contributed by atoms with Gasteiger partial charge in [0, 0.05) is 0 Å². The molecule has 1 aliphatic heterocycles. The van der Waals surface area contributed by atoms with Gasteiger partial charge in [0.2, 0.25) is 5.75 Å². The van der Waals surface area contributed by atoms with Crippen LogP contribution in [0.3, 0.4) is 0 Å². The number of aliphatic hydroxyl groups excluding tert-OH is 3. The van der Waals surface area contributed by atoms with Crippen LogP contribution in [-0.2, 0) is 18.2 Å². The molecule has 0 amide bonds. The van der Waals surface area contributed by atoms with Crippen LogP contribution in [0.1, 0.15) is 6.23 Å². The first-order valence-corrected chi connectivity index (χ1v) is 9.49. The first kappa shape index (κ1) is 32.8. The summed E-state index contributed by atoms with van der Waals surface area (Å²) in [5.74, 6) is -1.20. The molecule has 20 heteroatoms. The number of ether oxygens (including phenoxy) is 1. The third-order valence-corrected chi connectivity index (χ3v) is 5.16. The number of hydrogen-bond donors (Lipinski definition) is 4. The Labute approximate surface area is 228 Å². The van der Waals surface area contributed by atoms with E-state index in [1.165, 1.54) is 0 Å². The van der Waals surface area contributed by atoms with E-state index in [9.17, 15) is 43.6 Å². The van der Waals surface area contributed by atoms with Crippen molar-refractivity contribution < 1.29 is 141 Å². The Morgan fingerprint density at radius 2 is 1.69 bits per heavy atom. The molecule has 5 atom stereocenters. The van der Waals surface area contributed by atoms with Crippen molar-refractivity contribution in [3.63, 3.8) is 0 Å². The summed E-state index contributed by atoms with van der Waals surface area (Å²) in [6, 6.07) is 0. The molecule has 0 saturated carbocycles. The Bertz CT molecular complexity index is 887. The van der Waals surface area contributed by atoms with Crippen molar-refractivity contribution in [2.45, 2.75) is 24.5 Å². The molecule has 0 bridgehead atoms. The van der Waals surface area contributed by atoms with Gasteiger partial charge in [-0.05, 0) is 0 Å². The molecule has 15 nitrogen and oxygen atoms in total. The molecule has 148 valence electrons. The van der Waals surface area contributed by atoms with Crippen LogP contribution in [0.25, 0.3) is 0 Å². The number of nitrogens with one attached hydrogen (secondary N) is 1. The average Bonchev–Trinajstić information content (AvgIpc) is 2.75. The van der Waals surface area contributed by atoms with Crippen molar-refractivity contribution in [2.24, 2.45) is 0 Å². The Morgan fingerprint density at radius 1 is 1.14 bits per heavy atom. The second-order valence-corrected chi connectivity index (χ2v) is 7.58. The maximum absolute atomic E-state index is 11.8. The summed E-state index contributed by atoms with van der Waals surface area (Å²) in [4.78, 5) is 57.0. The fraction of sp³-hybridized carbons (Fsp3) is 0.556. The maximum Gasteiger partial charge on any atom is 1.00 e. The number of rotatable bonds is 6. The third-order valence-electron chi connectivity index (χ3n) is 3.14. The number of H-pyrrole nitrogens is 1. The largest absolute Gasteiger partial charge is 1.00 e. The molecule has 29 heavy (non-hydrogen) atoms. The van der Waals surface area contributed by atoms with Crippen LogP contribution in [0.4, 0.5) is 0 Å². The maximum atomic E-state index is 11.8. The van der Waals surface area contributed by atoms with E-state index in [0.717, 1.165) is 0 Å². The van der Waals surface area contributed by atoms with Crippen LogP contribution >= 0.6 is 15.6 Å². The van der Waals surface area contributed by atoms with E-state index in [0.29, 0.717) is 10.8 Å². The number of hydrogen-bond acceptors (Lipinski definition) is 13. The predicted octanol–water partition coefficient (Wildman–Crippen LogP) is -14.1. The van der Waals surface area contributed by atoms with Gasteiger partial charge < -0.3 is 43.8 Å². The van der Waals surface area contributed by atoms with Gasteiger partial charge in [-0.3, -0.25) is 23.2 Å². The molecule has 1 fully saturated rings. The SMILES string of the molecule is O=c1[nH]c(=O)n([C@@H]2O[C@H](CO)[C@@H](O)[C@H]2O)cc1OP(=O)([O-])OP(=O)([O-])[O-].[Na+].[Na+].[Na+]. The smallest absolute Gasteiger partial charge is 0.789 e. The summed E-state index contributed by atoms with van der Waals surface area (Å²) < 4.78 is 34.3. The number of aromatic amines is 1. The number of aromatic nitrogens is 2. The van der Waals surface area contributed by atoms with Crippen molar-refractivity contribution >= 4 is 15.6 Å². The second kappa shape index (κ2) is 12.8. The van der Waals surface area contributed by atoms with E-state index < -0.39 is 63.8 Å². The van der Waals surface area contributed by atoms with E-state index in [-0.39, 0.29) is 88.7 Å². The number of phosphoric ester groups is 1. The van der Waals surface area contributed by atoms with Gasteiger partial charge in [-0.2, -0.15) is 0 Å². The average molecular weight is 486 g/mol. The summed E-state index contributed by atoms with van der Waals surface area (Å²) in [6.07, 6.45) is -5.92. The van der Waals surface area contributed by atoms with Gasteiger partial charge in [-0.25, -0.2) is 4.79 Å². The summed E-state index contributed by atoms with van der Waals surface area (Å²) in [7, 11) is -11.9. The van der Waals surface area contributed by atoms with Gasteiger partial charge in [0.1, 0.15) is 18.3 Å². The Balaban J connectivity index is 0. The van der Waals surface area contributed by atoms with E-state index >= 15 is 0 Å². The summed E-state index contributed by atoms with van der Waals surface area (Å²) in [5.41, 5.74) is -2.67. The molecule has 2 rings (SSSR count). The minimum absolute atomic E-state index is 0. The summed E-state index contributed by atoms with van der Waals surface area (Å²) in [5, 5.41) is 28.5. The zero-order valence-electron chi connectivity index (χ0n) is 15.4. The first-order valence-electron chi connectivity index (χ1n) is 6.56. The van der Waals surface area contributed by atoms with Crippen LogP contribution in [0.5, 0.6) is 5.75 Å². The standard InChI is InChI=1S/C9H14N2O13P2.3Na/c12-2-4-5(13)6(14)8(22-4)11-1-3(7(15)10-9(11)16)23-26(20,21)24-25(17,18)19;;;/h1,4-6,8,12-14H,2H2,(H,20,21)(H,10,15,16)(H2,17,18,19);;;/q;3*+1/p-3/t4-,5-,6-,8-;;;/m1.../s1. The van der Waals surface area contributed by atoms with Gasteiger partial charge in [0.25, 0.3) is 5.56 Å². The zero-order valence-corrected chi connectivity index (χ0v) is 23.1. The molecular weight excluding hydrogens is 475 g/mol. The minimum Gasteiger partial charge on any atom is -0.789 e. The van der Waals surface area contributed by atoms with Crippen molar-refractivity contribution in [1.82, 2.24) is 9.55 Å². The number of nitrogens with zero attached hydrogens (tertiary/aromatic N) is 1. The third kappa shape index (κ3) is 8.82. The zero-order chi connectivity index (χ0) is 19.9. The Kier molecular flexibility index (Phi) is 14.4. The fourth-order valence-corrected chi connectivity index (χ4v) is 3.57. The molecule has 0 radical (unpaired) electrons. The molecule has 1 saturated heterocycles. The van der Waals surface area contributed by atoms with Gasteiger partial charge in [-0.15, -0.1) is 0 Å².